The molecule has 96 valence electrons. The lowest BCUT2D eigenvalue weighted by molar-refractivity contribution is 0.710. The maximum atomic E-state index is 5.71. The van der Waals surface area contributed by atoms with Crippen molar-refractivity contribution in [1.82, 2.24) is 19.7 Å². The van der Waals surface area contributed by atoms with Crippen molar-refractivity contribution in [2.24, 2.45) is 7.05 Å². The molecule has 2 rings (SSSR count). The topological polar surface area (TPSA) is 81.6 Å². The van der Waals surface area contributed by atoms with Gasteiger partial charge in [-0.2, -0.15) is 5.10 Å². The van der Waals surface area contributed by atoms with E-state index in [1.807, 2.05) is 24.1 Å². The third-order valence-corrected chi connectivity index (χ3v) is 3.07. The minimum atomic E-state index is 0.484. The Kier molecular flexibility index (Phi) is 4.03. The highest BCUT2D eigenvalue weighted by Gasteiger charge is 2.02. The average Bonchev–Trinajstić information content (AvgIpc) is 2.74. The first-order chi connectivity index (χ1) is 8.69. The molecular formula is C11H16N6S. The van der Waals surface area contributed by atoms with Crippen LogP contribution in [0.5, 0.6) is 0 Å². The standard InChI is InChI=1S/C11H16N6S/c1-17-8(4-6-14-17)3-5-13-10-7-9(12)15-11(16-10)18-2/h4,6-7H,3,5H2,1-2H3,(H3,12,13,15,16). The van der Waals surface area contributed by atoms with Gasteiger partial charge in [-0.3, -0.25) is 4.68 Å². The molecule has 2 aromatic heterocycles. The zero-order chi connectivity index (χ0) is 13.0. The first-order valence-corrected chi connectivity index (χ1v) is 6.81. The number of thioether (sulfide) groups is 1. The zero-order valence-electron chi connectivity index (χ0n) is 10.4. The monoisotopic (exact) mass is 264 g/mol. The quantitative estimate of drug-likeness (QED) is 0.623. The number of rotatable bonds is 5. The highest BCUT2D eigenvalue weighted by molar-refractivity contribution is 7.98. The molecule has 0 aliphatic carbocycles. The summed E-state index contributed by atoms with van der Waals surface area (Å²) in [6, 6.07) is 3.74. The van der Waals surface area contributed by atoms with Crippen LogP contribution in [0.4, 0.5) is 11.6 Å². The Morgan fingerprint density at radius 2 is 2.28 bits per heavy atom. The second-order valence-corrected chi connectivity index (χ2v) is 4.56. The SMILES string of the molecule is CSc1nc(N)cc(NCCc2ccnn2C)n1. The zero-order valence-corrected chi connectivity index (χ0v) is 11.2. The molecule has 7 heteroatoms. The number of anilines is 2. The number of aromatic nitrogens is 4. The molecule has 0 spiro atoms. The van der Waals surface area contributed by atoms with Gasteiger partial charge in [0.05, 0.1) is 0 Å². The van der Waals surface area contributed by atoms with E-state index in [1.165, 1.54) is 17.5 Å². The molecule has 0 fully saturated rings. The van der Waals surface area contributed by atoms with Crippen LogP contribution in [-0.2, 0) is 13.5 Å². The molecule has 0 aliphatic rings. The smallest absolute Gasteiger partial charge is 0.191 e. The van der Waals surface area contributed by atoms with E-state index in [1.54, 1.807) is 12.3 Å². The highest BCUT2D eigenvalue weighted by Crippen LogP contribution is 2.15. The molecule has 0 amide bonds. The van der Waals surface area contributed by atoms with E-state index in [0.29, 0.717) is 11.0 Å². The molecule has 0 radical (unpaired) electrons. The Bertz CT molecular complexity index is 524. The molecule has 0 saturated heterocycles. The van der Waals surface area contributed by atoms with Gasteiger partial charge in [0.2, 0.25) is 0 Å². The Balaban J connectivity index is 1.94. The average molecular weight is 264 g/mol. The lowest BCUT2D eigenvalue weighted by atomic mass is 10.3. The maximum Gasteiger partial charge on any atom is 0.191 e. The number of hydrogen-bond donors (Lipinski definition) is 2. The van der Waals surface area contributed by atoms with Gasteiger partial charge in [-0.25, -0.2) is 9.97 Å². The van der Waals surface area contributed by atoms with Crippen LogP contribution in [0.2, 0.25) is 0 Å². The van der Waals surface area contributed by atoms with Gasteiger partial charge in [0, 0.05) is 38.0 Å². The summed E-state index contributed by atoms with van der Waals surface area (Å²) in [5, 5.41) is 8.04. The predicted octanol–water partition coefficient (Wildman–Crippen LogP) is 1.17. The molecule has 0 bridgehead atoms. The summed E-state index contributed by atoms with van der Waals surface area (Å²) in [6.45, 7) is 0.782. The lowest BCUT2D eigenvalue weighted by Crippen LogP contribution is -2.10. The van der Waals surface area contributed by atoms with E-state index >= 15 is 0 Å². The van der Waals surface area contributed by atoms with Crippen LogP contribution in [0.3, 0.4) is 0 Å². The first-order valence-electron chi connectivity index (χ1n) is 5.58. The van der Waals surface area contributed by atoms with Gasteiger partial charge in [0.1, 0.15) is 11.6 Å². The first kappa shape index (κ1) is 12.7. The molecule has 0 saturated carbocycles. The molecule has 3 N–H and O–H groups in total. The van der Waals surface area contributed by atoms with Crippen molar-refractivity contribution >= 4 is 23.4 Å². The summed E-state index contributed by atoms with van der Waals surface area (Å²) >= 11 is 1.47. The minimum Gasteiger partial charge on any atom is -0.383 e. The van der Waals surface area contributed by atoms with Crippen molar-refractivity contribution in [3.05, 3.63) is 24.0 Å². The van der Waals surface area contributed by atoms with Crippen molar-refractivity contribution in [3.63, 3.8) is 0 Å². The van der Waals surface area contributed by atoms with Crippen molar-refractivity contribution < 1.29 is 0 Å². The molecule has 0 unspecified atom stereocenters. The fourth-order valence-electron chi connectivity index (χ4n) is 1.59. The molecular weight excluding hydrogens is 248 g/mol. The second-order valence-electron chi connectivity index (χ2n) is 3.79. The summed E-state index contributed by atoms with van der Waals surface area (Å²) < 4.78 is 1.86. The largest absolute Gasteiger partial charge is 0.383 e. The molecule has 0 aromatic carbocycles. The summed E-state index contributed by atoms with van der Waals surface area (Å²) in [5.74, 6) is 1.24. The van der Waals surface area contributed by atoms with Gasteiger partial charge < -0.3 is 11.1 Å². The summed E-state index contributed by atoms with van der Waals surface area (Å²) in [6.07, 6.45) is 4.60. The third kappa shape index (κ3) is 3.13. The fraction of sp³-hybridized carbons (Fsp3) is 0.364. The van der Waals surface area contributed by atoms with Crippen LogP contribution >= 0.6 is 11.8 Å². The van der Waals surface area contributed by atoms with Crippen LogP contribution in [0.15, 0.2) is 23.5 Å². The molecule has 2 aromatic rings. The molecule has 0 atom stereocenters. The van der Waals surface area contributed by atoms with Crippen LogP contribution < -0.4 is 11.1 Å². The van der Waals surface area contributed by atoms with Gasteiger partial charge in [-0.1, -0.05) is 11.8 Å². The fourth-order valence-corrected chi connectivity index (χ4v) is 1.98. The Labute approximate surface area is 110 Å². The summed E-state index contributed by atoms with van der Waals surface area (Å²) in [7, 11) is 1.93. The molecule has 6 nitrogen and oxygen atoms in total. The Morgan fingerprint density at radius 1 is 1.44 bits per heavy atom. The van der Waals surface area contributed by atoms with Gasteiger partial charge in [0.15, 0.2) is 5.16 Å². The van der Waals surface area contributed by atoms with Crippen molar-refractivity contribution in [2.75, 3.05) is 23.9 Å². The predicted molar refractivity (Wildman–Crippen MR) is 73.6 cm³/mol. The second kappa shape index (κ2) is 5.72. The van der Waals surface area contributed by atoms with Crippen LogP contribution in [-0.4, -0.2) is 32.5 Å². The minimum absolute atomic E-state index is 0.484. The van der Waals surface area contributed by atoms with Crippen LogP contribution in [0, 0.1) is 0 Å². The van der Waals surface area contributed by atoms with Gasteiger partial charge >= 0.3 is 0 Å². The Morgan fingerprint density at radius 3 is 2.94 bits per heavy atom. The van der Waals surface area contributed by atoms with Crippen molar-refractivity contribution in [1.29, 1.82) is 0 Å². The number of nitrogens with one attached hydrogen (secondary N) is 1. The van der Waals surface area contributed by atoms with Crippen molar-refractivity contribution in [2.45, 2.75) is 11.6 Å². The van der Waals surface area contributed by atoms with Gasteiger partial charge in [-0.05, 0) is 12.3 Å². The van der Waals surface area contributed by atoms with E-state index < -0.39 is 0 Å². The molecule has 18 heavy (non-hydrogen) atoms. The van der Waals surface area contributed by atoms with Crippen LogP contribution in [0.1, 0.15) is 5.69 Å². The van der Waals surface area contributed by atoms with E-state index in [0.717, 1.165) is 18.8 Å². The van der Waals surface area contributed by atoms with Gasteiger partial charge in [-0.15, -0.1) is 0 Å². The van der Waals surface area contributed by atoms with E-state index in [4.69, 9.17) is 5.73 Å². The number of nitrogens with zero attached hydrogens (tertiary/aromatic N) is 4. The maximum absolute atomic E-state index is 5.71. The lowest BCUT2D eigenvalue weighted by Gasteiger charge is -2.07. The molecule has 0 aliphatic heterocycles. The highest BCUT2D eigenvalue weighted by atomic mass is 32.2. The normalized spacial score (nSPS) is 10.6. The van der Waals surface area contributed by atoms with Crippen molar-refractivity contribution in [3.8, 4) is 0 Å². The van der Waals surface area contributed by atoms with E-state index in [9.17, 15) is 0 Å². The Hall–Kier alpha value is -1.76. The molecule has 2 heterocycles. The number of nitrogens with two attached hydrogens (primary N) is 1. The third-order valence-electron chi connectivity index (χ3n) is 2.52. The van der Waals surface area contributed by atoms with Crippen LogP contribution in [0.25, 0.3) is 0 Å². The number of nitrogen functional groups attached to an aromatic ring is 1. The summed E-state index contributed by atoms with van der Waals surface area (Å²) in [5.41, 5.74) is 6.88. The van der Waals surface area contributed by atoms with E-state index in [2.05, 4.69) is 20.4 Å². The van der Waals surface area contributed by atoms with Gasteiger partial charge in [0.25, 0.3) is 0 Å². The number of aryl methyl sites for hydroxylation is 1. The van der Waals surface area contributed by atoms with E-state index in [-0.39, 0.29) is 0 Å². The summed E-state index contributed by atoms with van der Waals surface area (Å²) in [4.78, 5) is 8.43. The number of hydrogen-bond acceptors (Lipinski definition) is 6.